The minimum atomic E-state index is -0.359. The maximum absolute atomic E-state index is 10.1. The van der Waals surface area contributed by atoms with Gasteiger partial charge >= 0.3 is 5.97 Å². The van der Waals surface area contributed by atoms with E-state index in [1.165, 1.54) is 0 Å². The van der Waals surface area contributed by atoms with Crippen molar-refractivity contribution in [2.75, 3.05) is 20.2 Å². The normalized spacial score (nSPS) is 7.55. The highest BCUT2D eigenvalue weighted by Crippen LogP contribution is 1.74. The molecule has 0 saturated heterocycles. The molecule has 0 bridgehead atoms. The van der Waals surface area contributed by atoms with Gasteiger partial charge in [0, 0.05) is 6.08 Å². The van der Waals surface area contributed by atoms with Crippen molar-refractivity contribution < 1.29 is 9.53 Å². The summed E-state index contributed by atoms with van der Waals surface area (Å²) in [4.78, 5) is 10.1. The molecule has 3 nitrogen and oxygen atoms in total. The summed E-state index contributed by atoms with van der Waals surface area (Å²) in [7, 11) is 1.93. The second kappa shape index (κ2) is 11.9. The summed E-state index contributed by atoms with van der Waals surface area (Å²) in [6, 6.07) is 0. The number of hydrogen-bond acceptors (Lipinski definition) is 3. The number of carbonyl (C=O) groups is 1. The Morgan fingerprint density at radius 3 is 2.18 bits per heavy atom. The first-order chi connectivity index (χ1) is 5.22. The number of nitrogens with one attached hydrogen (secondary N) is 1. The van der Waals surface area contributed by atoms with E-state index in [1.54, 1.807) is 6.92 Å². The third kappa shape index (κ3) is 17.6. The van der Waals surface area contributed by atoms with Gasteiger partial charge in [-0.2, -0.15) is 0 Å². The van der Waals surface area contributed by atoms with Gasteiger partial charge in [0.25, 0.3) is 0 Å². The molecule has 0 aromatic carbocycles. The summed E-state index contributed by atoms with van der Waals surface area (Å²) in [6.07, 6.45) is 1.14. The molecule has 1 N–H and O–H groups in total. The van der Waals surface area contributed by atoms with E-state index in [0.29, 0.717) is 6.61 Å². The lowest BCUT2D eigenvalue weighted by Crippen LogP contribution is -2.01. The van der Waals surface area contributed by atoms with Crippen molar-refractivity contribution in [2.24, 2.45) is 0 Å². The highest BCUT2D eigenvalue weighted by molar-refractivity contribution is 5.81. The predicted octanol–water partition coefficient (Wildman–Crippen LogP) is 0.961. The number of hydrogen-bond donors (Lipinski definition) is 1. The van der Waals surface area contributed by atoms with Gasteiger partial charge in [-0.3, -0.25) is 0 Å². The third-order valence-electron chi connectivity index (χ3n) is 0.807. The van der Waals surface area contributed by atoms with Gasteiger partial charge in [0.1, 0.15) is 0 Å². The molecule has 0 aliphatic heterocycles. The summed E-state index contributed by atoms with van der Waals surface area (Å²) in [5.41, 5.74) is 0. The van der Waals surface area contributed by atoms with E-state index in [9.17, 15) is 4.79 Å². The average Bonchev–Trinajstić information content (AvgIpc) is 2.05. The lowest BCUT2D eigenvalue weighted by atomic mass is 10.6. The summed E-state index contributed by atoms with van der Waals surface area (Å²) >= 11 is 0. The number of esters is 1. The standard InChI is InChI=1S/C5H8O2.C3H9N/c1-3-5(6)7-4-2;1-3-4-2/h3H,1,4H2,2H3;4H,3H2,1-2H3. The second-order valence-electron chi connectivity index (χ2n) is 1.66. The summed E-state index contributed by atoms with van der Waals surface area (Å²) in [5.74, 6) is -0.359. The molecule has 3 heteroatoms. The van der Waals surface area contributed by atoms with Crippen molar-refractivity contribution >= 4 is 5.97 Å². The van der Waals surface area contributed by atoms with Gasteiger partial charge in [0.15, 0.2) is 0 Å². The minimum Gasteiger partial charge on any atom is -0.463 e. The summed E-state index contributed by atoms with van der Waals surface area (Å²) in [5, 5.41) is 2.93. The van der Waals surface area contributed by atoms with Crippen LogP contribution < -0.4 is 5.32 Å². The van der Waals surface area contributed by atoms with E-state index in [-0.39, 0.29) is 5.97 Å². The Balaban J connectivity index is 0. The maximum Gasteiger partial charge on any atom is 0.330 e. The fourth-order valence-electron chi connectivity index (χ4n) is 0.201. The summed E-state index contributed by atoms with van der Waals surface area (Å²) < 4.78 is 4.43. The van der Waals surface area contributed by atoms with Crippen LogP contribution in [0, 0.1) is 0 Å². The van der Waals surface area contributed by atoms with Gasteiger partial charge in [0.2, 0.25) is 0 Å². The molecule has 0 amide bonds. The van der Waals surface area contributed by atoms with Crippen molar-refractivity contribution in [1.29, 1.82) is 0 Å². The Kier molecular flexibility index (Phi) is 13.9. The topological polar surface area (TPSA) is 38.3 Å². The van der Waals surface area contributed by atoms with Gasteiger partial charge in [-0.05, 0) is 20.5 Å². The average molecular weight is 159 g/mol. The molecule has 0 saturated carbocycles. The fourth-order valence-corrected chi connectivity index (χ4v) is 0.201. The van der Waals surface area contributed by atoms with Gasteiger partial charge < -0.3 is 10.1 Å². The predicted molar refractivity (Wildman–Crippen MR) is 46.4 cm³/mol. The smallest absolute Gasteiger partial charge is 0.330 e. The molecule has 0 spiro atoms. The SMILES string of the molecule is C=CC(=O)OCC.CCNC. The molecule has 0 atom stereocenters. The monoisotopic (exact) mass is 159 g/mol. The molecular weight excluding hydrogens is 142 g/mol. The Bertz CT molecular complexity index is 100. The molecule has 0 aliphatic carbocycles. The first kappa shape index (κ1) is 12.8. The van der Waals surface area contributed by atoms with Crippen LogP contribution in [0.2, 0.25) is 0 Å². The van der Waals surface area contributed by atoms with Crippen molar-refractivity contribution in [2.45, 2.75) is 13.8 Å². The molecule has 0 aliphatic rings. The van der Waals surface area contributed by atoms with Crippen molar-refractivity contribution in [3.63, 3.8) is 0 Å². The number of ether oxygens (including phenoxy) is 1. The van der Waals surface area contributed by atoms with Crippen LogP contribution in [0.4, 0.5) is 0 Å². The van der Waals surface area contributed by atoms with Gasteiger partial charge in [0.05, 0.1) is 6.61 Å². The largest absolute Gasteiger partial charge is 0.463 e. The van der Waals surface area contributed by atoms with E-state index < -0.39 is 0 Å². The maximum atomic E-state index is 10.1. The van der Waals surface area contributed by atoms with Gasteiger partial charge in [-0.15, -0.1) is 0 Å². The molecule has 0 rings (SSSR count). The first-order valence-corrected chi connectivity index (χ1v) is 3.66. The van der Waals surface area contributed by atoms with Gasteiger partial charge in [-0.25, -0.2) is 4.79 Å². The zero-order valence-corrected chi connectivity index (χ0v) is 7.52. The van der Waals surface area contributed by atoms with E-state index >= 15 is 0 Å². The quantitative estimate of drug-likeness (QED) is 0.492. The second-order valence-corrected chi connectivity index (χ2v) is 1.66. The van der Waals surface area contributed by atoms with E-state index in [0.717, 1.165) is 12.6 Å². The molecule has 0 aromatic heterocycles. The Hall–Kier alpha value is -0.830. The molecule has 11 heavy (non-hydrogen) atoms. The lowest BCUT2D eigenvalue weighted by Gasteiger charge is -1.90. The van der Waals surface area contributed by atoms with Crippen LogP contribution in [0.25, 0.3) is 0 Å². The third-order valence-corrected chi connectivity index (χ3v) is 0.807. The fraction of sp³-hybridized carbons (Fsp3) is 0.625. The van der Waals surface area contributed by atoms with Crippen molar-refractivity contribution in [3.05, 3.63) is 12.7 Å². The first-order valence-electron chi connectivity index (χ1n) is 3.66. The molecule has 0 aromatic rings. The van der Waals surface area contributed by atoms with E-state index in [4.69, 9.17) is 0 Å². The molecule has 0 radical (unpaired) electrons. The Morgan fingerprint density at radius 2 is 2.09 bits per heavy atom. The molecule has 0 fully saturated rings. The molecular formula is C8H17NO2. The molecule has 66 valence electrons. The zero-order valence-electron chi connectivity index (χ0n) is 7.52. The molecule has 0 unspecified atom stereocenters. The minimum absolute atomic E-state index is 0.359. The highest BCUT2D eigenvalue weighted by Gasteiger charge is 1.86. The lowest BCUT2D eigenvalue weighted by molar-refractivity contribution is -0.137. The zero-order chi connectivity index (χ0) is 9.11. The van der Waals surface area contributed by atoms with Crippen molar-refractivity contribution in [3.8, 4) is 0 Å². The van der Waals surface area contributed by atoms with Crippen LogP contribution in [0.15, 0.2) is 12.7 Å². The van der Waals surface area contributed by atoms with Crippen LogP contribution in [-0.2, 0) is 9.53 Å². The van der Waals surface area contributed by atoms with Crippen LogP contribution >= 0.6 is 0 Å². The van der Waals surface area contributed by atoms with E-state index in [2.05, 4.69) is 23.6 Å². The number of carbonyl (C=O) groups excluding carboxylic acids is 1. The van der Waals surface area contributed by atoms with Crippen LogP contribution in [-0.4, -0.2) is 26.2 Å². The Morgan fingerprint density at radius 1 is 1.64 bits per heavy atom. The number of rotatable bonds is 3. The van der Waals surface area contributed by atoms with Crippen LogP contribution in [0.1, 0.15) is 13.8 Å². The van der Waals surface area contributed by atoms with Crippen molar-refractivity contribution in [1.82, 2.24) is 5.32 Å². The van der Waals surface area contributed by atoms with Crippen LogP contribution in [0.5, 0.6) is 0 Å². The van der Waals surface area contributed by atoms with Crippen LogP contribution in [0.3, 0.4) is 0 Å². The Labute approximate surface area is 68.4 Å². The van der Waals surface area contributed by atoms with Gasteiger partial charge in [-0.1, -0.05) is 13.5 Å². The summed E-state index contributed by atoms with van der Waals surface area (Å²) in [6.45, 7) is 8.52. The van der Waals surface area contributed by atoms with E-state index in [1.807, 2.05) is 7.05 Å². The highest BCUT2D eigenvalue weighted by atomic mass is 16.5. The molecule has 0 heterocycles.